The molecule has 2 heterocycles. The zero-order valence-corrected chi connectivity index (χ0v) is 13.2. The third-order valence-electron chi connectivity index (χ3n) is 4.17. The van der Waals surface area contributed by atoms with E-state index in [9.17, 15) is 0 Å². The van der Waals surface area contributed by atoms with Crippen LogP contribution in [0.3, 0.4) is 0 Å². The third-order valence-corrected chi connectivity index (χ3v) is 5.10. The molecule has 1 aromatic carbocycles. The van der Waals surface area contributed by atoms with E-state index >= 15 is 0 Å². The third kappa shape index (κ3) is 3.19. The van der Waals surface area contributed by atoms with Crippen molar-refractivity contribution in [3.05, 3.63) is 28.8 Å². The number of nitrogens with one attached hydrogen (secondary N) is 1. The first-order valence-electron chi connectivity index (χ1n) is 7.47. The lowest BCUT2D eigenvalue weighted by Gasteiger charge is -2.31. The Balaban J connectivity index is 1.62. The number of rotatable bonds is 4. The van der Waals surface area contributed by atoms with Gasteiger partial charge >= 0.3 is 0 Å². The molecule has 108 valence electrons. The molecule has 1 saturated heterocycles. The normalized spacial score (nSPS) is 17.9. The second kappa shape index (κ2) is 6.20. The number of hydrogen-bond donors (Lipinski definition) is 1. The highest BCUT2D eigenvalue weighted by Crippen LogP contribution is 2.24. The van der Waals surface area contributed by atoms with Crippen molar-refractivity contribution in [2.24, 2.45) is 5.92 Å². The lowest BCUT2D eigenvalue weighted by atomic mass is 9.96. The van der Waals surface area contributed by atoms with Crippen molar-refractivity contribution in [1.82, 2.24) is 15.2 Å². The summed E-state index contributed by atoms with van der Waals surface area (Å²) >= 11 is 1.80. The summed E-state index contributed by atoms with van der Waals surface area (Å²) in [5.41, 5.74) is 2.57. The summed E-state index contributed by atoms with van der Waals surface area (Å²) in [5.74, 6) is 0.864. The second-order valence-electron chi connectivity index (χ2n) is 5.81. The van der Waals surface area contributed by atoms with Gasteiger partial charge in [-0.25, -0.2) is 4.98 Å². The van der Waals surface area contributed by atoms with Gasteiger partial charge in [-0.05, 0) is 70.1 Å². The number of thiazole rings is 1. The lowest BCUT2D eigenvalue weighted by Crippen LogP contribution is -2.36. The van der Waals surface area contributed by atoms with Gasteiger partial charge in [0.2, 0.25) is 0 Å². The summed E-state index contributed by atoms with van der Waals surface area (Å²) in [6.07, 6.45) is 2.64. The topological polar surface area (TPSA) is 28.2 Å². The first-order chi connectivity index (χ1) is 9.74. The summed E-state index contributed by atoms with van der Waals surface area (Å²) in [7, 11) is 2.05. The van der Waals surface area contributed by atoms with Gasteiger partial charge in [0.15, 0.2) is 0 Å². The van der Waals surface area contributed by atoms with Gasteiger partial charge in [0, 0.05) is 6.54 Å². The predicted molar refractivity (Wildman–Crippen MR) is 86.3 cm³/mol. The van der Waals surface area contributed by atoms with Crippen molar-refractivity contribution in [1.29, 1.82) is 0 Å². The number of aryl methyl sites for hydroxylation is 1. The lowest BCUT2D eigenvalue weighted by molar-refractivity contribution is 0.177. The van der Waals surface area contributed by atoms with Gasteiger partial charge in [-0.3, -0.25) is 4.90 Å². The van der Waals surface area contributed by atoms with Gasteiger partial charge < -0.3 is 5.32 Å². The molecule has 3 nitrogen and oxygen atoms in total. The average Bonchev–Trinajstić information content (AvgIpc) is 2.81. The predicted octanol–water partition coefficient (Wildman–Crippen LogP) is 3.04. The van der Waals surface area contributed by atoms with Crippen molar-refractivity contribution < 1.29 is 0 Å². The maximum atomic E-state index is 4.53. The Morgan fingerprint density at radius 3 is 2.90 bits per heavy atom. The standard InChI is InChI=1S/C16H23N3S/c1-12-18-15-4-3-14(9-16(15)20-12)11-19-7-5-13(6-8-19)10-17-2/h3-4,9,13,17H,5-8,10-11H2,1-2H3. The molecular formula is C16H23N3S. The van der Waals surface area contributed by atoms with Crippen LogP contribution in [-0.4, -0.2) is 36.6 Å². The van der Waals surface area contributed by atoms with Crippen LogP contribution in [0.4, 0.5) is 0 Å². The average molecular weight is 289 g/mol. The van der Waals surface area contributed by atoms with Crippen LogP contribution in [0.25, 0.3) is 10.2 Å². The van der Waals surface area contributed by atoms with Gasteiger partial charge in [-0.1, -0.05) is 6.07 Å². The molecule has 0 spiro atoms. The van der Waals surface area contributed by atoms with Crippen molar-refractivity contribution in [3.8, 4) is 0 Å². The molecular weight excluding hydrogens is 266 g/mol. The van der Waals surface area contributed by atoms with Crippen molar-refractivity contribution in [2.45, 2.75) is 26.3 Å². The van der Waals surface area contributed by atoms with E-state index in [1.54, 1.807) is 11.3 Å². The van der Waals surface area contributed by atoms with Crippen molar-refractivity contribution in [2.75, 3.05) is 26.7 Å². The number of hydrogen-bond acceptors (Lipinski definition) is 4. The summed E-state index contributed by atoms with van der Waals surface area (Å²) in [5, 5.41) is 4.46. The summed E-state index contributed by atoms with van der Waals surface area (Å²) in [4.78, 5) is 7.11. The van der Waals surface area contributed by atoms with E-state index in [0.29, 0.717) is 0 Å². The van der Waals surface area contributed by atoms with Gasteiger partial charge in [-0.15, -0.1) is 11.3 Å². The minimum Gasteiger partial charge on any atom is -0.319 e. The van der Waals surface area contributed by atoms with Gasteiger partial charge in [0.1, 0.15) is 0 Å². The van der Waals surface area contributed by atoms with Crippen LogP contribution in [0.15, 0.2) is 18.2 Å². The number of aromatic nitrogens is 1. The minimum absolute atomic E-state index is 0.864. The molecule has 4 heteroatoms. The van der Waals surface area contributed by atoms with Crippen LogP contribution in [-0.2, 0) is 6.54 Å². The smallest absolute Gasteiger partial charge is 0.0907 e. The molecule has 0 bridgehead atoms. The Kier molecular flexibility index (Phi) is 4.34. The minimum atomic E-state index is 0.864. The molecule has 1 aliphatic heterocycles. The SMILES string of the molecule is CNCC1CCN(Cc2ccc3nc(C)sc3c2)CC1. The first-order valence-corrected chi connectivity index (χ1v) is 8.29. The number of nitrogens with zero attached hydrogens (tertiary/aromatic N) is 2. The molecule has 2 aromatic rings. The van der Waals surface area contributed by atoms with E-state index in [4.69, 9.17) is 0 Å². The van der Waals surface area contributed by atoms with Gasteiger partial charge in [0.25, 0.3) is 0 Å². The van der Waals surface area contributed by atoms with E-state index < -0.39 is 0 Å². The molecule has 1 fully saturated rings. The van der Waals surface area contributed by atoms with E-state index in [0.717, 1.165) is 23.0 Å². The Morgan fingerprint density at radius 2 is 2.15 bits per heavy atom. The molecule has 1 aliphatic rings. The van der Waals surface area contributed by atoms with Gasteiger partial charge in [-0.2, -0.15) is 0 Å². The van der Waals surface area contributed by atoms with Crippen LogP contribution in [0.2, 0.25) is 0 Å². The van der Waals surface area contributed by atoms with Crippen LogP contribution in [0.5, 0.6) is 0 Å². The molecule has 3 rings (SSSR count). The van der Waals surface area contributed by atoms with Gasteiger partial charge in [0.05, 0.1) is 15.2 Å². The molecule has 20 heavy (non-hydrogen) atoms. The fraction of sp³-hybridized carbons (Fsp3) is 0.562. The summed E-state index contributed by atoms with van der Waals surface area (Å²) in [6.45, 7) is 6.79. The highest BCUT2D eigenvalue weighted by atomic mass is 32.1. The highest BCUT2D eigenvalue weighted by molar-refractivity contribution is 7.18. The summed E-state index contributed by atoms with van der Waals surface area (Å²) < 4.78 is 1.32. The Labute approximate surface area is 125 Å². The number of benzene rings is 1. The number of fused-ring (bicyclic) bond motifs is 1. The first kappa shape index (κ1) is 14.0. The summed E-state index contributed by atoms with van der Waals surface area (Å²) in [6, 6.07) is 6.72. The van der Waals surface area contributed by atoms with Crippen molar-refractivity contribution in [3.63, 3.8) is 0 Å². The van der Waals surface area contributed by atoms with Crippen LogP contribution < -0.4 is 5.32 Å². The van der Waals surface area contributed by atoms with E-state index in [2.05, 4.69) is 47.4 Å². The Hall–Kier alpha value is -0.970. The largest absolute Gasteiger partial charge is 0.319 e. The van der Waals surface area contributed by atoms with E-state index in [1.165, 1.54) is 42.7 Å². The maximum absolute atomic E-state index is 4.53. The molecule has 0 saturated carbocycles. The molecule has 1 N–H and O–H groups in total. The highest BCUT2D eigenvalue weighted by Gasteiger charge is 2.18. The molecule has 1 aromatic heterocycles. The molecule has 0 amide bonds. The zero-order valence-electron chi connectivity index (χ0n) is 12.4. The number of piperidine rings is 1. The van der Waals surface area contributed by atoms with Crippen LogP contribution in [0.1, 0.15) is 23.4 Å². The van der Waals surface area contributed by atoms with Crippen LogP contribution >= 0.6 is 11.3 Å². The van der Waals surface area contributed by atoms with Crippen LogP contribution in [0, 0.1) is 12.8 Å². The fourth-order valence-electron chi connectivity index (χ4n) is 3.08. The second-order valence-corrected chi connectivity index (χ2v) is 7.05. The molecule has 0 aliphatic carbocycles. The molecule has 0 atom stereocenters. The van der Waals surface area contributed by atoms with E-state index in [-0.39, 0.29) is 0 Å². The fourth-order valence-corrected chi connectivity index (χ4v) is 3.97. The molecule has 0 radical (unpaired) electrons. The molecule has 0 unspecified atom stereocenters. The Bertz CT molecular complexity index is 570. The monoisotopic (exact) mass is 289 g/mol. The zero-order chi connectivity index (χ0) is 13.9. The number of likely N-dealkylation sites (tertiary alicyclic amines) is 1. The quantitative estimate of drug-likeness (QED) is 0.937. The van der Waals surface area contributed by atoms with Crippen molar-refractivity contribution >= 4 is 21.6 Å². The maximum Gasteiger partial charge on any atom is 0.0907 e. The van der Waals surface area contributed by atoms with E-state index in [1.807, 2.05) is 0 Å². The Morgan fingerprint density at radius 1 is 1.35 bits per heavy atom.